The van der Waals surface area contributed by atoms with Gasteiger partial charge in [-0.25, -0.2) is 16.8 Å². The quantitative estimate of drug-likeness (QED) is 0.577. The smallest absolute Gasteiger partial charge is 0.243 e. The molecular formula is C23H31N3O5S2. The Morgan fingerprint density at radius 2 is 1.36 bits per heavy atom. The van der Waals surface area contributed by atoms with E-state index in [9.17, 15) is 16.8 Å². The Labute approximate surface area is 196 Å². The van der Waals surface area contributed by atoms with Gasteiger partial charge in [-0.15, -0.1) is 0 Å². The molecule has 8 nitrogen and oxygen atoms in total. The highest BCUT2D eigenvalue weighted by atomic mass is 32.2. The van der Waals surface area contributed by atoms with Gasteiger partial charge in [0.05, 0.1) is 27.9 Å². The maximum absolute atomic E-state index is 13.4. The molecule has 2 aliphatic rings. The second-order valence-electron chi connectivity index (χ2n) is 8.44. The van der Waals surface area contributed by atoms with Gasteiger partial charge in [0.15, 0.2) is 0 Å². The number of rotatable bonds is 7. The van der Waals surface area contributed by atoms with Crippen molar-refractivity contribution in [1.29, 1.82) is 0 Å². The van der Waals surface area contributed by atoms with E-state index in [-0.39, 0.29) is 14.7 Å². The van der Waals surface area contributed by atoms with Crippen LogP contribution in [0, 0.1) is 6.92 Å². The van der Waals surface area contributed by atoms with Gasteiger partial charge in [0.2, 0.25) is 19.9 Å². The van der Waals surface area contributed by atoms with Crippen molar-refractivity contribution in [2.45, 2.75) is 21.6 Å². The predicted octanol–water partition coefficient (Wildman–Crippen LogP) is 1.47. The molecule has 0 unspecified atom stereocenters. The lowest BCUT2D eigenvalue weighted by Gasteiger charge is -2.36. The van der Waals surface area contributed by atoms with E-state index in [1.807, 2.05) is 0 Å². The number of hydrogen-bond acceptors (Lipinski definition) is 7. The number of morpholine rings is 1. The van der Waals surface area contributed by atoms with Gasteiger partial charge in [-0.3, -0.25) is 9.80 Å². The summed E-state index contributed by atoms with van der Waals surface area (Å²) < 4.78 is 59.7. The zero-order valence-corrected chi connectivity index (χ0v) is 20.5. The van der Waals surface area contributed by atoms with Crippen molar-refractivity contribution in [3.63, 3.8) is 0 Å². The van der Waals surface area contributed by atoms with E-state index in [4.69, 9.17) is 4.74 Å². The van der Waals surface area contributed by atoms with Gasteiger partial charge < -0.3 is 4.74 Å². The average molecular weight is 494 g/mol. The molecule has 0 spiro atoms. The van der Waals surface area contributed by atoms with E-state index in [2.05, 4.69) is 9.80 Å². The molecule has 2 aromatic carbocycles. The van der Waals surface area contributed by atoms with E-state index in [0.29, 0.717) is 31.7 Å². The molecule has 0 radical (unpaired) electrons. The van der Waals surface area contributed by atoms with Crippen molar-refractivity contribution >= 4 is 19.9 Å². The van der Waals surface area contributed by atoms with E-state index in [1.54, 1.807) is 31.2 Å². The van der Waals surface area contributed by atoms with Crippen LogP contribution >= 0.6 is 0 Å². The van der Waals surface area contributed by atoms with Gasteiger partial charge in [-0.1, -0.05) is 24.3 Å². The van der Waals surface area contributed by atoms with Crippen LogP contribution in [0.25, 0.3) is 0 Å². The standard InChI is InChI=1S/C23H31N3O5S2/c1-20-7-8-22(32(27,28)21-5-3-2-4-6-21)19-23(20)33(29,30)26-13-11-24(12-14-26)9-10-25-15-17-31-18-16-25/h2-8,19H,9-18H2,1H3. The first-order valence-electron chi connectivity index (χ1n) is 11.2. The van der Waals surface area contributed by atoms with Crippen LogP contribution in [0.15, 0.2) is 63.2 Å². The van der Waals surface area contributed by atoms with Crippen LogP contribution in [0.4, 0.5) is 0 Å². The van der Waals surface area contributed by atoms with Crippen LogP contribution in [0.1, 0.15) is 5.56 Å². The topological polar surface area (TPSA) is 87.2 Å². The number of nitrogens with zero attached hydrogens (tertiary/aromatic N) is 3. The largest absolute Gasteiger partial charge is 0.379 e. The lowest BCUT2D eigenvalue weighted by atomic mass is 10.2. The van der Waals surface area contributed by atoms with Crippen molar-refractivity contribution in [3.8, 4) is 0 Å². The highest BCUT2D eigenvalue weighted by molar-refractivity contribution is 7.91. The Hall–Kier alpha value is -1.82. The van der Waals surface area contributed by atoms with Gasteiger partial charge in [0, 0.05) is 52.4 Å². The van der Waals surface area contributed by atoms with Crippen LogP contribution in [0.3, 0.4) is 0 Å². The number of sulfone groups is 1. The second kappa shape index (κ2) is 10.2. The molecule has 2 heterocycles. The highest BCUT2D eigenvalue weighted by Crippen LogP contribution is 2.27. The summed E-state index contributed by atoms with van der Waals surface area (Å²) in [6.45, 7) is 9.06. The maximum atomic E-state index is 13.4. The summed E-state index contributed by atoms with van der Waals surface area (Å²) in [5.74, 6) is 0. The third-order valence-corrected chi connectivity index (χ3v) is 10.1. The number of benzene rings is 2. The summed E-state index contributed by atoms with van der Waals surface area (Å²) >= 11 is 0. The fourth-order valence-electron chi connectivity index (χ4n) is 4.20. The molecule has 0 aromatic heterocycles. The lowest BCUT2D eigenvalue weighted by molar-refractivity contribution is 0.0317. The minimum absolute atomic E-state index is 0.0120. The fraction of sp³-hybridized carbons (Fsp3) is 0.478. The molecule has 0 N–H and O–H groups in total. The zero-order chi connectivity index (χ0) is 23.5. The van der Waals surface area contributed by atoms with Gasteiger partial charge in [0.1, 0.15) is 0 Å². The van der Waals surface area contributed by atoms with Gasteiger partial charge in [-0.05, 0) is 36.8 Å². The van der Waals surface area contributed by atoms with Crippen LogP contribution in [-0.2, 0) is 24.6 Å². The molecule has 4 rings (SSSR count). The minimum Gasteiger partial charge on any atom is -0.379 e. The van der Waals surface area contributed by atoms with Crippen molar-refractivity contribution in [2.75, 3.05) is 65.6 Å². The van der Waals surface area contributed by atoms with E-state index in [0.717, 1.165) is 39.4 Å². The molecule has 2 aromatic rings. The summed E-state index contributed by atoms with van der Waals surface area (Å²) in [5, 5.41) is 0. The molecule has 2 saturated heterocycles. The van der Waals surface area contributed by atoms with Crippen molar-refractivity contribution in [1.82, 2.24) is 14.1 Å². The molecule has 2 fully saturated rings. The number of hydrogen-bond donors (Lipinski definition) is 0. The first kappa shape index (κ1) is 24.3. The Morgan fingerprint density at radius 1 is 0.758 bits per heavy atom. The number of ether oxygens (including phenoxy) is 1. The first-order valence-corrected chi connectivity index (χ1v) is 14.1. The second-order valence-corrected chi connectivity index (χ2v) is 12.3. The van der Waals surface area contributed by atoms with Crippen molar-refractivity contribution in [2.24, 2.45) is 0 Å². The Kier molecular flexibility index (Phi) is 7.52. The molecule has 0 amide bonds. The average Bonchev–Trinajstić information content (AvgIpc) is 2.84. The summed E-state index contributed by atoms with van der Waals surface area (Å²) in [7, 11) is -7.60. The third-order valence-electron chi connectivity index (χ3n) is 6.31. The molecule has 0 saturated carbocycles. The van der Waals surface area contributed by atoms with Crippen LogP contribution in [0.2, 0.25) is 0 Å². The summed E-state index contributed by atoms with van der Waals surface area (Å²) in [4.78, 5) is 4.84. The SMILES string of the molecule is Cc1ccc(S(=O)(=O)c2ccccc2)cc1S(=O)(=O)N1CCN(CCN2CCOCC2)CC1. The Morgan fingerprint density at radius 3 is 2.00 bits per heavy atom. The fourth-order valence-corrected chi connectivity index (χ4v) is 7.26. The zero-order valence-electron chi connectivity index (χ0n) is 18.9. The van der Waals surface area contributed by atoms with Crippen LogP contribution in [0.5, 0.6) is 0 Å². The Bertz CT molecular complexity index is 1160. The first-order chi connectivity index (χ1) is 15.8. The summed E-state index contributed by atoms with van der Waals surface area (Å²) in [6, 6.07) is 12.4. The molecule has 33 heavy (non-hydrogen) atoms. The predicted molar refractivity (Wildman–Crippen MR) is 126 cm³/mol. The Balaban J connectivity index is 1.46. The molecule has 0 aliphatic carbocycles. The molecule has 10 heteroatoms. The monoisotopic (exact) mass is 493 g/mol. The van der Waals surface area contributed by atoms with Crippen LogP contribution < -0.4 is 0 Å². The lowest BCUT2D eigenvalue weighted by Crippen LogP contribution is -2.50. The number of sulfonamides is 1. The molecular weight excluding hydrogens is 462 g/mol. The van der Waals surface area contributed by atoms with Gasteiger partial charge >= 0.3 is 0 Å². The van der Waals surface area contributed by atoms with E-state index in [1.165, 1.54) is 28.6 Å². The highest BCUT2D eigenvalue weighted by Gasteiger charge is 2.31. The van der Waals surface area contributed by atoms with Gasteiger partial charge in [-0.2, -0.15) is 4.31 Å². The maximum Gasteiger partial charge on any atom is 0.243 e. The van der Waals surface area contributed by atoms with Crippen LogP contribution in [-0.4, -0.2) is 96.5 Å². The van der Waals surface area contributed by atoms with E-state index < -0.39 is 19.9 Å². The minimum atomic E-state index is -3.80. The molecule has 180 valence electrons. The number of piperazine rings is 1. The summed E-state index contributed by atoms with van der Waals surface area (Å²) in [6.07, 6.45) is 0. The van der Waals surface area contributed by atoms with Gasteiger partial charge in [0.25, 0.3) is 0 Å². The molecule has 0 bridgehead atoms. The number of aryl methyl sites for hydroxylation is 1. The normalized spacial score (nSPS) is 19.5. The molecule has 2 aliphatic heterocycles. The summed E-state index contributed by atoms with van der Waals surface area (Å²) in [5.41, 5.74) is 0.539. The third kappa shape index (κ3) is 5.47. The van der Waals surface area contributed by atoms with Crippen molar-refractivity contribution in [3.05, 3.63) is 54.1 Å². The molecule has 0 atom stereocenters. The van der Waals surface area contributed by atoms with Crippen molar-refractivity contribution < 1.29 is 21.6 Å². The van der Waals surface area contributed by atoms with E-state index >= 15 is 0 Å².